The maximum atomic E-state index is 11.5. The van der Waals surface area contributed by atoms with Gasteiger partial charge < -0.3 is 0 Å². The molecule has 0 fully saturated rings. The molecule has 1 unspecified atom stereocenters. The third kappa shape index (κ3) is 13.6. The Hall–Kier alpha value is -1.11. The smallest absolute Gasteiger partial charge is 0.132 e. The first-order valence-electron chi connectivity index (χ1n) is 8.59. The zero-order chi connectivity index (χ0) is 15.8. The van der Waals surface area contributed by atoms with E-state index in [9.17, 15) is 4.79 Å². The Morgan fingerprint density at radius 2 is 1.38 bits per heavy atom. The molecule has 0 aliphatic heterocycles. The Morgan fingerprint density at radius 1 is 0.810 bits per heavy atom. The Kier molecular flexibility index (Phi) is 14.5. The lowest BCUT2D eigenvalue weighted by Gasteiger charge is -2.11. The summed E-state index contributed by atoms with van der Waals surface area (Å²) < 4.78 is 0. The molecule has 0 aromatic rings. The van der Waals surface area contributed by atoms with Crippen LogP contribution in [0.4, 0.5) is 0 Å². The van der Waals surface area contributed by atoms with Gasteiger partial charge in [0.1, 0.15) is 5.78 Å². The molecule has 0 aliphatic rings. The predicted octanol–water partition coefficient (Wildman–Crippen LogP) is 6.41. The summed E-state index contributed by atoms with van der Waals surface area (Å²) >= 11 is 0. The molecular formula is C20H34O. The van der Waals surface area contributed by atoms with E-state index in [1.165, 1.54) is 32.1 Å². The quantitative estimate of drug-likeness (QED) is 0.251. The second kappa shape index (κ2) is 15.3. The van der Waals surface area contributed by atoms with Crippen LogP contribution in [0.25, 0.3) is 0 Å². The highest BCUT2D eigenvalue weighted by Crippen LogP contribution is 2.16. The number of carbonyl (C=O) groups is 1. The molecule has 0 saturated heterocycles. The van der Waals surface area contributed by atoms with Crippen molar-refractivity contribution in [2.75, 3.05) is 0 Å². The summed E-state index contributed by atoms with van der Waals surface area (Å²) in [6, 6.07) is 0. The Bertz CT molecular complexity index is 301. The molecule has 0 aromatic carbocycles. The van der Waals surface area contributed by atoms with Crippen LogP contribution in [0.2, 0.25) is 0 Å². The maximum absolute atomic E-state index is 11.5. The fourth-order valence-corrected chi connectivity index (χ4v) is 2.49. The highest BCUT2D eigenvalue weighted by Gasteiger charge is 2.11. The first-order valence-corrected chi connectivity index (χ1v) is 8.59. The van der Waals surface area contributed by atoms with Crippen molar-refractivity contribution in [3.63, 3.8) is 0 Å². The fraction of sp³-hybridized carbons (Fsp3) is 0.650. The van der Waals surface area contributed by atoms with Crippen LogP contribution in [0, 0.1) is 5.92 Å². The minimum atomic E-state index is 0.237. The summed E-state index contributed by atoms with van der Waals surface area (Å²) in [4.78, 5) is 11.5. The van der Waals surface area contributed by atoms with Crippen LogP contribution >= 0.6 is 0 Å². The number of hydrogen-bond acceptors (Lipinski definition) is 1. The van der Waals surface area contributed by atoms with Crippen molar-refractivity contribution in [1.29, 1.82) is 0 Å². The molecule has 0 saturated carbocycles. The lowest BCUT2D eigenvalue weighted by atomic mass is 9.93. The van der Waals surface area contributed by atoms with Crippen LogP contribution in [0.1, 0.15) is 77.6 Å². The first-order chi connectivity index (χ1) is 10.2. The van der Waals surface area contributed by atoms with E-state index in [-0.39, 0.29) is 5.92 Å². The monoisotopic (exact) mass is 290 g/mol. The standard InChI is InChI=1S/C20H34O/c1-4-6-8-9-10-11-12-13-14-15-16-18-20(19(3)21)17-7-5-2/h4-5,13-14,20H,1-2,6-12,15-18H2,3H3/b14-13+. The average Bonchev–Trinajstić information content (AvgIpc) is 2.47. The van der Waals surface area contributed by atoms with Gasteiger partial charge in [-0.2, -0.15) is 0 Å². The first kappa shape index (κ1) is 19.9. The molecule has 0 spiro atoms. The predicted molar refractivity (Wildman–Crippen MR) is 94.5 cm³/mol. The van der Waals surface area contributed by atoms with Crippen molar-refractivity contribution in [3.8, 4) is 0 Å². The molecule has 0 amide bonds. The van der Waals surface area contributed by atoms with Gasteiger partial charge in [0.2, 0.25) is 0 Å². The van der Waals surface area contributed by atoms with Crippen molar-refractivity contribution >= 4 is 5.78 Å². The number of ketones is 1. The van der Waals surface area contributed by atoms with Gasteiger partial charge in [0, 0.05) is 5.92 Å². The molecule has 0 rings (SSSR count). The number of rotatable bonds is 15. The minimum absolute atomic E-state index is 0.237. The highest BCUT2D eigenvalue weighted by molar-refractivity contribution is 5.78. The fourth-order valence-electron chi connectivity index (χ4n) is 2.49. The van der Waals surface area contributed by atoms with Crippen molar-refractivity contribution in [2.24, 2.45) is 5.92 Å². The van der Waals surface area contributed by atoms with Gasteiger partial charge >= 0.3 is 0 Å². The number of allylic oxidation sites excluding steroid dienone is 4. The summed E-state index contributed by atoms with van der Waals surface area (Å²) in [5, 5.41) is 0. The lowest BCUT2D eigenvalue weighted by molar-refractivity contribution is -0.121. The van der Waals surface area contributed by atoms with E-state index in [2.05, 4.69) is 25.3 Å². The van der Waals surface area contributed by atoms with Crippen LogP contribution in [0.3, 0.4) is 0 Å². The number of Topliss-reactive ketones (excluding diaryl/α,β-unsaturated/α-hetero) is 1. The van der Waals surface area contributed by atoms with Gasteiger partial charge in [-0.25, -0.2) is 0 Å². The Morgan fingerprint density at radius 3 is 1.95 bits per heavy atom. The van der Waals surface area contributed by atoms with Crippen molar-refractivity contribution < 1.29 is 4.79 Å². The highest BCUT2D eigenvalue weighted by atomic mass is 16.1. The summed E-state index contributed by atoms with van der Waals surface area (Å²) in [5.74, 6) is 0.571. The zero-order valence-electron chi connectivity index (χ0n) is 14.0. The van der Waals surface area contributed by atoms with Crippen LogP contribution in [0.5, 0.6) is 0 Å². The van der Waals surface area contributed by atoms with Gasteiger partial charge in [0.05, 0.1) is 0 Å². The van der Waals surface area contributed by atoms with E-state index in [1.54, 1.807) is 6.92 Å². The molecule has 0 radical (unpaired) electrons. The zero-order valence-corrected chi connectivity index (χ0v) is 14.0. The molecule has 0 aliphatic carbocycles. The normalized spacial score (nSPS) is 12.4. The summed E-state index contributed by atoms with van der Waals surface area (Å²) in [7, 11) is 0. The molecule has 1 nitrogen and oxygen atoms in total. The van der Waals surface area contributed by atoms with E-state index in [0.29, 0.717) is 5.78 Å². The number of hydrogen-bond donors (Lipinski definition) is 0. The van der Waals surface area contributed by atoms with Gasteiger partial charge in [-0.3, -0.25) is 4.79 Å². The third-order valence-corrected chi connectivity index (χ3v) is 3.91. The molecule has 0 aromatic heterocycles. The molecule has 1 atom stereocenters. The van der Waals surface area contributed by atoms with Gasteiger partial charge in [0.15, 0.2) is 0 Å². The van der Waals surface area contributed by atoms with E-state index in [1.807, 2.05) is 12.2 Å². The average molecular weight is 290 g/mol. The summed E-state index contributed by atoms with van der Waals surface area (Å²) in [5.41, 5.74) is 0. The lowest BCUT2D eigenvalue weighted by Crippen LogP contribution is -2.10. The minimum Gasteiger partial charge on any atom is -0.300 e. The maximum Gasteiger partial charge on any atom is 0.132 e. The SMILES string of the molecule is C=CCCCCCC/C=C/CCCC(CCC=C)C(C)=O. The third-order valence-electron chi connectivity index (χ3n) is 3.91. The summed E-state index contributed by atoms with van der Waals surface area (Å²) in [6.07, 6.45) is 21.2. The van der Waals surface area contributed by atoms with Crippen molar-refractivity contribution in [1.82, 2.24) is 0 Å². The van der Waals surface area contributed by atoms with Crippen molar-refractivity contribution in [2.45, 2.75) is 77.6 Å². The van der Waals surface area contributed by atoms with Gasteiger partial charge in [-0.05, 0) is 64.7 Å². The van der Waals surface area contributed by atoms with E-state index in [0.717, 1.165) is 38.5 Å². The topological polar surface area (TPSA) is 17.1 Å². The van der Waals surface area contributed by atoms with Gasteiger partial charge in [-0.1, -0.05) is 37.1 Å². The molecule has 120 valence electrons. The van der Waals surface area contributed by atoms with Crippen LogP contribution in [-0.4, -0.2) is 5.78 Å². The second-order valence-electron chi connectivity index (χ2n) is 5.86. The second-order valence-corrected chi connectivity index (χ2v) is 5.86. The van der Waals surface area contributed by atoms with Gasteiger partial charge in [-0.15, -0.1) is 13.2 Å². The van der Waals surface area contributed by atoms with E-state index >= 15 is 0 Å². The van der Waals surface area contributed by atoms with Crippen LogP contribution < -0.4 is 0 Å². The Balaban J connectivity index is 3.50. The van der Waals surface area contributed by atoms with E-state index in [4.69, 9.17) is 0 Å². The number of unbranched alkanes of at least 4 members (excludes halogenated alkanes) is 6. The molecule has 0 bridgehead atoms. The van der Waals surface area contributed by atoms with E-state index < -0.39 is 0 Å². The van der Waals surface area contributed by atoms with Gasteiger partial charge in [0.25, 0.3) is 0 Å². The number of carbonyl (C=O) groups excluding carboxylic acids is 1. The molecular weight excluding hydrogens is 256 g/mol. The molecule has 1 heteroatoms. The summed E-state index contributed by atoms with van der Waals surface area (Å²) in [6.45, 7) is 9.18. The molecule has 0 heterocycles. The largest absolute Gasteiger partial charge is 0.300 e. The van der Waals surface area contributed by atoms with Crippen LogP contribution in [0.15, 0.2) is 37.5 Å². The van der Waals surface area contributed by atoms with Crippen molar-refractivity contribution in [3.05, 3.63) is 37.5 Å². The Labute approximate surface area is 132 Å². The van der Waals surface area contributed by atoms with Crippen LogP contribution in [-0.2, 0) is 4.79 Å². The molecule has 21 heavy (non-hydrogen) atoms. The molecule has 0 N–H and O–H groups in total.